The Labute approximate surface area is 204 Å². The topological polar surface area (TPSA) is 92.4 Å². The fourth-order valence-electron chi connectivity index (χ4n) is 3.83. The standard InChI is InChI=1S/C25H19Cl2FN2O4/c1-11-8-15(13(3)29-19-6-7-20(27)30-21(19)25(32)33)24-16(9-11)22(31)12(2)23(34-24)14-4-5-18(28)17(26)10-14/h4-10,13,29H,1-3H3,(H,32,33)/t13-/m1/s1. The molecule has 6 nitrogen and oxygen atoms in total. The molecule has 0 saturated heterocycles. The molecule has 2 aromatic heterocycles. The fourth-order valence-corrected chi connectivity index (χ4v) is 4.16. The largest absolute Gasteiger partial charge is 0.476 e. The quantitative estimate of drug-likeness (QED) is 0.293. The summed E-state index contributed by atoms with van der Waals surface area (Å²) >= 11 is 11.8. The Hall–Kier alpha value is -3.42. The molecule has 1 atom stereocenters. The summed E-state index contributed by atoms with van der Waals surface area (Å²) in [5.74, 6) is -1.54. The summed E-state index contributed by atoms with van der Waals surface area (Å²) in [4.78, 5) is 28.8. The second-order valence-corrected chi connectivity index (χ2v) is 8.74. The fraction of sp³-hybridized carbons (Fsp3) is 0.160. The van der Waals surface area contributed by atoms with E-state index < -0.39 is 17.8 Å². The van der Waals surface area contributed by atoms with E-state index in [1.807, 2.05) is 19.9 Å². The molecule has 0 aliphatic rings. The summed E-state index contributed by atoms with van der Waals surface area (Å²) in [5.41, 5.74) is 2.42. The van der Waals surface area contributed by atoms with Gasteiger partial charge in [0.2, 0.25) is 0 Å². The number of carboxylic acids is 1. The third kappa shape index (κ3) is 4.36. The Kier molecular flexibility index (Phi) is 6.34. The van der Waals surface area contributed by atoms with Gasteiger partial charge in [-0.15, -0.1) is 0 Å². The van der Waals surface area contributed by atoms with Crippen molar-refractivity contribution in [3.63, 3.8) is 0 Å². The number of carboxylic acid groups (broad SMARTS) is 1. The smallest absolute Gasteiger partial charge is 0.356 e. The van der Waals surface area contributed by atoms with E-state index in [0.717, 1.165) is 5.56 Å². The van der Waals surface area contributed by atoms with E-state index in [0.29, 0.717) is 27.7 Å². The van der Waals surface area contributed by atoms with E-state index in [1.165, 1.54) is 30.3 Å². The monoisotopic (exact) mass is 500 g/mol. The molecule has 0 aliphatic carbocycles. The lowest BCUT2D eigenvalue weighted by Crippen LogP contribution is -2.14. The number of aromatic carboxylic acids is 1. The maximum Gasteiger partial charge on any atom is 0.356 e. The van der Waals surface area contributed by atoms with E-state index in [2.05, 4.69) is 10.3 Å². The van der Waals surface area contributed by atoms with E-state index in [4.69, 9.17) is 27.6 Å². The van der Waals surface area contributed by atoms with Crippen LogP contribution in [0, 0.1) is 19.7 Å². The number of aromatic nitrogens is 1. The number of halogens is 3. The van der Waals surface area contributed by atoms with Gasteiger partial charge in [-0.1, -0.05) is 29.3 Å². The zero-order valence-corrected chi connectivity index (χ0v) is 19.9. The molecule has 4 aromatic rings. The second kappa shape index (κ2) is 9.08. The van der Waals surface area contributed by atoms with Crippen LogP contribution in [0.2, 0.25) is 10.2 Å². The van der Waals surface area contributed by atoms with Gasteiger partial charge >= 0.3 is 5.97 Å². The second-order valence-electron chi connectivity index (χ2n) is 7.95. The number of rotatable bonds is 5. The number of carbonyl (C=O) groups is 1. The van der Waals surface area contributed by atoms with Gasteiger partial charge in [0.1, 0.15) is 22.3 Å². The molecule has 4 rings (SSSR count). The highest BCUT2D eigenvalue weighted by Crippen LogP contribution is 2.33. The molecule has 2 N–H and O–H groups in total. The van der Waals surface area contributed by atoms with Crippen LogP contribution in [0.3, 0.4) is 0 Å². The van der Waals surface area contributed by atoms with Crippen LogP contribution < -0.4 is 10.7 Å². The summed E-state index contributed by atoms with van der Waals surface area (Å²) < 4.78 is 19.9. The van der Waals surface area contributed by atoms with Gasteiger partial charge in [0, 0.05) is 16.7 Å². The normalized spacial score (nSPS) is 12.1. The van der Waals surface area contributed by atoms with E-state index in [-0.39, 0.29) is 32.7 Å². The molecule has 174 valence electrons. The number of benzene rings is 2. The molecule has 0 spiro atoms. The van der Waals surface area contributed by atoms with Crippen LogP contribution in [0.5, 0.6) is 0 Å². The Balaban J connectivity index is 1.89. The average molecular weight is 501 g/mol. The highest BCUT2D eigenvalue weighted by Gasteiger charge is 2.21. The third-order valence-corrected chi connectivity index (χ3v) is 5.98. The Morgan fingerprint density at radius 3 is 2.56 bits per heavy atom. The van der Waals surface area contributed by atoms with Crippen molar-refractivity contribution in [3.8, 4) is 11.3 Å². The average Bonchev–Trinajstić information content (AvgIpc) is 2.79. The number of nitrogens with one attached hydrogen (secondary N) is 1. The molecule has 0 bridgehead atoms. The molecule has 34 heavy (non-hydrogen) atoms. The lowest BCUT2D eigenvalue weighted by molar-refractivity contribution is 0.0691. The zero-order valence-electron chi connectivity index (χ0n) is 18.4. The van der Waals surface area contributed by atoms with Gasteiger partial charge in [0.05, 0.1) is 22.1 Å². The van der Waals surface area contributed by atoms with Gasteiger partial charge in [-0.2, -0.15) is 0 Å². The molecule has 0 radical (unpaired) electrons. The van der Waals surface area contributed by atoms with Crippen molar-refractivity contribution < 1.29 is 18.7 Å². The number of hydrogen-bond acceptors (Lipinski definition) is 5. The molecule has 0 fully saturated rings. The number of hydrogen-bond donors (Lipinski definition) is 2. The SMILES string of the molecule is Cc1cc([C@@H](C)Nc2ccc(Cl)nc2C(=O)O)c2oc(-c3ccc(F)c(Cl)c3)c(C)c(=O)c2c1. The molecule has 2 aromatic carbocycles. The van der Waals surface area contributed by atoms with Gasteiger partial charge in [0.25, 0.3) is 0 Å². The number of nitrogens with zero attached hydrogens (tertiary/aromatic N) is 1. The summed E-state index contributed by atoms with van der Waals surface area (Å²) in [5, 5.41) is 13.0. The molecule has 2 heterocycles. The first-order chi connectivity index (χ1) is 16.1. The minimum atomic E-state index is -1.23. The maximum atomic E-state index is 13.7. The predicted molar refractivity (Wildman–Crippen MR) is 131 cm³/mol. The van der Waals surface area contributed by atoms with Crippen molar-refractivity contribution in [1.29, 1.82) is 0 Å². The zero-order chi connectivity index (χ0) is 24.7. The van der Waals surface area contributed by atoms with Gasteiger partial charge in [-0.25, -0.2) is 14.2 Å². The number of fused-ring (bicyclic) bond motifs is 1. The predicted octanol–water partition coefficient (Wildman–Crippen LogP) is 6.79. The van der Waals surface area contributed by atoms with E-state index in [9.17, 15) is 19.1 Å². The minimum absolute atomic E-state index is 0.0562. The highest BCUT2D eigenvalue weighted by atomic mass is 35.5. The summed E-state index contributed by atoms with van der Waals surface area (Å²) in [6.45, 7) is 5.30. The summed E-state index contributed by atoms with van der Waals surface area (Å²) in [6, 6.07) is 10.2. The van der Waals surface area contributed by atoms with Crippen LogP contribution in [-0.4, -0.2) is 16.1 Å². The van der Waals surface area contributed by atoms with Crippen LogP contribution in [0.1, 0.15) is 40.1 Å². The van der Waals surface area contributed by atoms with Crippen molar-refractivity contribution >= 4 is 45.8 Å². The van der Waals surface area contributed by atoms with Crippen molar-refractivity contribution in [1.82, 2.24) is 4.98 Å². The van der Waals surface area contributed by atoms with Gasteiger partial charge in [0.15, 0.2) is 11.1 Å². The van der Waals surface area contributed by atoms with Crippen LogP contribution in [0.25, 0.3) is 22.3 Å². The first-order valence-electron chi connectivity index (χ1n) is 10.3. The van der Waals surface area contributed by atoms with Gasteiger partial charge in [-0.3, -0.25) is 4.79 Å². The summed E-state index contributed by atoms with van der Waals surface area (Å²) in [7, 11) is 0. The molecular formula is C25H19Cl2FN2O4. The van der Waals surface area contributed by atoms with Gasteiger partial charge < -0.3 is 14.8 Å². The van der Waals surface area contributed by atoms with Crippen molar-refractivity contribution in [2.24, 2.45) is 0 Å². The van der Waals surface area contributed by atoms with Crippen molar-refractivity contribution in [2.75, 3.05) is 5.32 Å². The first-order valence-corrected chi connectivity index (χ1v) is 11.0. The van der Waals surface area contributed by atoms with Gasteiger partial charge in [-0.05, 0) is 62.7 Å². The van der Waals surface area contributed by atoms with Crippen LogP contribution in [0.4, 0.5) is 10.1 Å². The van der Waals surface area contributed by atoms with Crippen molar-refractivity contribution in [2.45, 2.75) is 26.8 Å². The first kappa shape index (κ1) is 23.7. The van der Waals surface area contributed by atoms with E-state index in [1.54, 1.807) is 13.0 Å². The molecule has 0 unspecified atom stereocenters. The molecule has 0 aliphatic heterocycles. The van der Waals surface area contributed by atoms with Crippen LogP contribution >= 0.6 is 23.2 Å². The highest BCUT2D eigenvalue weighted by molar-refractivity contribution is 6.31. The lowest BCUT2D eigenvalue weighted by Gasteiger charge is -2.19. The van der Waals surface area contributed by atoms with E-state index >= 15 is 0 Å². The Morgan fingerprint density at radius 1 is 1.15 bits per heavy atom. The maximum absolute atomic E-state index is 13.7. The minimum Gasteiger partial charge on any atom is -0.476 e. The van der Waals surface area contributed by atoms with Crippen LogP contribution in [-0.2, 0) is 0 Å². The number of pyridine rings is 1. The molecular weight excluding hydrogens is 482 g/mol. The molecule has 9 heteroatoms. The lowest BCUT2D eigenvalue weighted by atomic mass is 9.98. The van der Waals surface area contributed by atoms with Crippen molar-refractivity contribution in [3.05, 3.63) is 91.1 Å². The number of aryl methyl sites for hydroxylation is 1. The summed E-state index contributed by atoms with van der Waals surface area (Å²) in [6.07, 6.45) is 0. The Morgan fingerprint density at radius 2 is 1.88 bits per heavy atom. The Bertz CT molecular complexity index is 1520. The van der Waals surface area contributed by atoms with Crippen LogP contribution in [0.15, 0.2) is 51.7 Å². The number of anilines is 1. The molecule has 0 amide bonds. The third-order valence-electron chi connectivity index (χ3n) is 5.48. The molecule has 0 saturated carbocycles.